The molecule has 0 fully saturated rings. The lowest BCUT2D eigenvalue weighted by molar-refractivity contribution is -0.0394. The first-order chi connectivity index (χ1) is 15.2. The number of ether oxygens (including phenoxy) is 4. The zero-order chi connectivity index (χ0) is 21.9. The van der Waals surface area contributed by atoms with Gasteiger partial charge in [-0.25, -0.2) is 4.98 Å². The molecule has 0 spiro atoms. The lowest BCUT2D eigenvalue weighted by atomic mass is 10.0. The third kappa shape index (κ3) is 7.74. The van der Waals surface area contributed by atoms with Gasteiger partial charge in [0.25, 0.3) is 0 Å². The number of aromatic nitrogens is 2. The molecule has 0 aliphatic rings. The Labute approximate surface area is 184 Å². The number of imidazole rings is 1. The van der Waals surface area contributed by atoms with Gasteiger partial charge in [-0.15, -0.1) is 0 Å². The smallest absolute Gasteiger partial charge is 0.118 e. The Kier molecular flexibility index (Phi) is 8.94. The fraction of sp³-hybridized carbons (Fsp3) is 0.400. The average Bonchev–Trinajstić information content (AvgIpc) is 3.31. The predicted octanol–water partition coefficient (Wildman–Crippen LogP) is 4.38. The number of benzene rings is 2. The standard InChI is InChI=1S/C25H32N2O4/c1-20(14-21-4-8-23(28-2)9-5-21)16-31-25(15-27-13-12-26-19-27)18-30-17-22-6-10-24(29-3)11-7-22/h4-13,19-20,25H,14-18H2,1-3H3. The Morgan fingerprint density at radius 1 is 0.871 bits per heavy atom. The maximum absolute atomic E-state index is 6.25. The molecule has 6 heteroatoms. The Hall–Kier alpha value is -2.83. The van der Waals surface area contributed by atoms with Gasteiger partial charge in [-0.05, 0) is 47.7 Å². The van der Waals surface area contributed by atoms with Crippen LogP contribution < -0.4 is 9.47 Å². The fourth-order valence-electron chi connectivity index (χ4n) is 3.34. The van der Waals surface area contributed by atoms with Crippen molar-refractivity contribution in [3.05, 3.63) is 78.4 Å². The Balaban J connectivity index is 1.48. The molecule has 0 bridgehead atoms. The first kappa shape index (κ1) is 22.8. The number of hydrogen-bond donors (Lipinski definition) is 0. The second kappa shape index (κ2) is 12.1. The van der Waals surface area contributed by atoms with E-state index in [1.807, 2.05) is 47.2 Å². The molecule has 1 heterocycles. The molecule has 0 radical (unpaired) electrons. The molecule has 2 unspecified atom stereocenters. The van der Waals surface area contributed by atoms with Gasteiger partial charge in [-0.1, -0.05) is 31.2 Å². The van der Waals surface area contributed by atoms with Crippen LogP contribution in [0.1, 0.15) is 18.1 Å². The normalized spacial score (nSPS) is 13.0. The van der Waals surface area contributed by atoms with Crippen LogP contribution in [0.4, 0.5) is 0 Å². The molecule has 166 valence electrons. The molecular weight excluding hydrogens is 392 g/mol. The van der Waals surface area contributed by atoms with E-state index in [1.165, 1.54) is 5.56 Å². The summed E-state index contributed by atoms with van der Waals surface area (Å²) in [5.41, 5.74) is 2.38. The van der Waals surface area contributed by atoms with Crippen LogP contribution in [0, 0.1) is 5.92 Å². The molecule has 0 saturated carbocycles. The van der Waals surface area contributed by atoms with E-state index in [0.717, 1.165) is 23.5 Å². The van der Waals surface area contributed by atoms with Crippen LogP contribution in [-0.4, -0.2) is 43.1 Å². The van der Waals surface area contributed by atoms with Gasteiger partial charge < -0.3 is 23.5 Å². The highest BCUT2D eigenvalue weighted by Crippen LogP contribution is 2.16. The van der Waals surface area contributed by atoms with Crippen molar-refractivity contribution in [1.82, 2.24) is 9.55 Å². The summed E-state index contributed by atoms with van der Waals surface area (Å²) in [4.78, 5) is 4.13. The summed E-state index contributed by atoms with van der Waals surface area (Å²) in [7, 11) is 3.35. The Morgan fingerprint density at radius 2 is 1.52 bits per heavy atom. The summed E-state index contributed by atoms with van der Waals surface area (Å²) in [5.74, 6) is 2.11. The van der Waals surface area contributed by atoms with E-state index < -0.39 is 0 Å². The van der Waals surface area contributed by atoms with Crippen molar-refractivity contribution in [2.75, 3.05) is 27.4 Å². The maximum Gasteiger partial charge on any atom is 0.118 e. The largest absolute Gasteiger partial charge is 0.497 e. The fourth-order valence-corrected chi connectivity index (χ4v) is 3.34. The quantitative estimate of drug-likeness (QED) is 0.408. The van der Waals surface area contributed by atoms with Gasteiger partial charge in [0.15, 0.2) is 0 Å². The number of rotatable bonds is 13. The third-order valence-electron chi connectivity index (χ3n) is 5.06. The summed E-state index contributed by atoms with van der Waals surface area (Å²) in [6, 6.07) is 16.1. The molecule has 1 aromatic heterocycles. The van der Waals surface area contributed by atoms with Gasteiger partial charge in [-0.2, -0.15) is 0 Å². The Morgan fingerprint density at radius 3 is 2.10 bits per heavy atom. The van der Waals surface area contributed by atoms with Gasteiger partial charge in [0.05, 0.1) is 53.0 Å². The minimum atomic E-state index is -0.0502. The van der Waals surface area contributed by atoms with Crippen LogP contribution in [0.3, 0.4) is 0 Å². The van der Waals surface area contributed by atoms with Gasteiger partial charge in [0, 0.05) is 12.4 Å². The number of methoxy groups -OCH3 is 2. The molecule has 0 aliphatic heterocycles. The van der Waals surface area contributed by atoms with E-state index in [-0.39, 0.29) is 6.10 Å². The van der Waals surface area contributed by atoms with Crippen molar-refractivity contribution in [1.29, 1.82) is 0 Å². The van der Waals surface area contributed by atoms with E-state index >= 15 is 0 Å². The second-order valence-corrected chi connectivity index (χ2v) is 7.74. The van der Waals surface area contributed by atoms with Crippen LogP contribution in [0.15, 0.2) is 67.3 Å². The zero-order valence-electron chi connectivity index (χ0n) is 18.6. The number of nitrogens with zero attached hydrogens (tertiary/aromatic N) is 2. The SMILES string of the molecule is COc1ccc(COCC(Cn2ccnc2)OCC(C)Cc2ccc(OC)cc2)cc1. The molecule has 0 aliphatic carbocycles. The van der Waals surface area contributed by atoms with Gasteiger partial charge >= 0.3 is 0 Å². The minimum absolute atomic E-state index is 0.0502. The summed E-state index contributed by atoms with van der Waals surface area (Å²) >= 11 is 0. The van der Waals surface area contributed by atoms with Crippen molar-refractivity contribution in [3.8, 4) is 11.5 Å². The maximum atomic E-state index is 6.25. The molecule has 2 aromatic carbocycles. The lowest BCUT2D eigenvalue weighted by Gasteiger charge is -2.21. The summed E-state index contributed by atoms with van der Waals surface area (Å²) in [5, 5.41) is 0. The molecule has 0 N–H and O–H groups in total. The van der Waals surface area contributed by atoms with Crippen molar-refractivity contribution in [3.63, 3.8) is 0 Å². The number of hydrogen-bond acceptors (Lipinski definition) is 5. The van der Waals surface area contributed by atoms with E-state index in [4.69, 9.17) is 18.9 Å². The van der Waals surface area contributed by atoms with Crippen LogP contribution in [0.2, 0.25) is 0 Å². The van der Waals surface area contributed by atoms with Crippen LogP contribution in [0.25, 0.3) is 0 Å². The second-order valence-electron chi connectivity index (χ2n) is 7.74. The van der Waals surface area contributed by atoms with Gasteiger partial charge in [-0.3, -0.25) is 0 Å². The van der Waals surface area contributed by atoms with Crippen LogP contribution in [-0.2, 0) is 29.0 Å². The van der Waals surface area contributed by atoms with Crippen LogP contribution in [0.5, 0.6) is 11.5 Å². The Bertz CT molecular complexity index is 864. The molecular formula is C25H32N2O4. The van der Waals surface area contributed by atoms with Gasteiger partial charge in [0.2, 0.25) is 0 Å². The van der Waals surface area contributed by atoms with E-state index in [2.05, 4.69) is 24.0 Å². The van der Waals surface area contributed by atoms with E-state index in [1.54, 1.807) is 26.7 Å². The van der Waals surface area contributed by atoms with Crippen molar-refractivity contribution in [2.24, 2.45) is 5.92 Å². The van der Waals surface area contributed by atoms with Crippen molar-refractivity contribution >= 4 is 0 Å². The highest BCUT2D eigenvalue weighted by molar-refractivity contribution is 5.27. The summed E-state index contributed by atoms with van der Waals surface area (Å²) < 4.78 is 24.7. The van der Waals surface area contributed by atoms with Crippen LogP contribution >= 0.6 is 0 Å². The van der Waals surface area contributed by atoms with E-state index in [9.17, 15) is 0 Å². The molecule has 3 aromatic rings. The molecule has 3 rings (SSSR count). The minimum Gasteiger partial charge on any atom is -0.497 e. The first-order valence-corrected chi connectivity index (χ1v) is 10.6. The molecule has 31 heavy (non-hydrogen) atoms. The lowest BCUT2D eigenvalue weighted by Crippen LogP contribution is -2.27. The monoisotopic (exact) mass is 424 g/mol. The molecule has 6 nitrogen and oxygen atoms in total. The predicted molar refractivity (Wildman–Crippen MR) is 120 cm³/mol. The van der Waals surface area contributed by atoms with Gasteiger partial charge in [0.1, 0.15) is 11.5 Å². The topological polar surface area (TPSA) is 54.7 Å². The van der Waals surface area contributed by atoms with Crippen molar-refractivity contribution < 1.29 is 18.9 Å². The summed E-state index contributed by atoms with van der Waals surface area (Å²) in [6.45, 7) is 4.63. The summed E-state index contributed by atoms with van der Waals surface area (Å²) in [6.07, 6.45) is 6.43. The highest BCUT2D eigenvalue weighted by Gasteiger charge is 2.14. The average molecular weight is 425 g/mol. The molecule has 2 atom stereocenters. The highest BCUT2D eigenvalue weighted by atomic mass is 16.5. The van der Waals surface area contributed by atoms with E-state index in [0.29, 0.717) is 32.3 Å². The van der Waals surface area contributed by atoms with Crippen molar-refractivity contribution in [2.45, 2.75) is 32.6 Å². The molecule has 0 amide bonds. The first-order valence-electron chi connectivity index (χ1n) is 10.6. The molecule has 0 saturated heterocycles. The third-order valence-corrected chi connectivity index (χ3v) is 5.06. The zero-order valence-corrected chi connectivity index (χ0v) is 18.6.